The normalized spacial score (nSPS) is 10.2. The molecule has 13 heavy (non-hydrogen) atoms. The van der Waals surface area contributed by atoms with E-state index in [1.165, 1.54) is 23.7 Å². The van der Waals surface area contributed by atoms with Crippen molar-refractivity contribution in [1.29, 1.82) is 0 Å². The van der Waals surface area contributed by atoms with Crippen LogP contribution < -0.4 is 5.73 Å². The number of hydrogen-bond acceptors (Lipinski definition) is 5. The van der Waals surface area contributed by atoms with E-state index in [2.05, 4.69) is 15.0 Å². The molecule has 0 saturated heterocycles. The summed E-state index contributed by atoms with van der Waals surface area (Å²) < 4.78 is 0.621. The molecule has 0 aliphatic heterocycles. The van der Waals surface area contributed by atoms with Crippen molar-refractivity contribution < 1.29 is 0 Å². The van der Waals surface area contributed by atoms with Crippen LogP contribution in [0.25, 0.3) is 10.8 Å². The van der Waals surface area contributed by atoms with Gasteiger partial charge in [0.2, 0.25) is 0 Å². The molecule has 0 fully saturated rings. The van der Waals surface area contributed by atoms with Crippen LogP contribution in [0.2, 0.25) is 4.34 Å². The first-order valence-electron chi connectivity index (χ1n) is 3.45. The highest BCUT2D eigenvalue weighted by molar-refractivity contribution is 7.18. The molecular formula is C7H5ClN4S. The third kappa shape index (κ3) is 1.76. The summed E-state index contributed by atoms with van der Waals surface area (Å²) in [6.45, 7) is 0. The van der Waals surface area contributed by atoms with Gasteiger partial charge in [-0.1, -0.05) is 22.9 Å². The van der Waals surface area contributed by atoms with Crippen LogP contribution in [-0.4, -0.2) is 15.0 Å². The van der Waals surface area contributed by atoms with E-state index in [0.29, 0.717) is 20.9 Å². The molecule has 0 bridgehead atoms. The van der Waals surface area contributed by atoms with Gasteiger partial charge in [-0.3, -0.25) is 0 Å². The topological polar surface area (TPSA) is 64.7 Å². The Morgan fingerprint density at radius 1 is 1.15 bits per heavy atom. The van der Waals surface area contributed by atoms with Crippen LogP contribution in [0.5, 0.6) is 0 Å². The quantitative estimate of drug-likeness (QED) is 0.784. The lowest BCUT2D eigenvalue weighted by atomic mass is 10.5. The third-order valence-electron chi connectivity index (χ3n) is 1.34. The van der Waals surface area contributed by atoms with Gasteiger partial charge in [0, 0.05) is 0 Å². The van der Waals surface area contributed by atoms with Crippen molar-refractivity contribution in [2.24, 2.45) is 0 Å². The van der Waals surface area contributed by atoms with E-state index in [1.54, 1.807) is 6.20 Å². The van der Waals surface area contributed by atoms with Gasteiger partial charge in [-0.15, -0.1) is 0 Å². The highest BCUT2D eigenvalue weighted by Gasteiger charge is 2.05. The number of thiazole rings is 1. The number of aromatic nitrogens is 3. The molecular weight excluding hydrogens is 208 g/mol. The van der Waals surface area contributed by atoms with Crippen molar-refractivity contribution >= 4 is 28.6 Å². The number of rotatable bonds is 1. The molecule has 0 aliphatic carbocycles. The van der Waals surface area contributed by atoms with E-state index in [0.717, 1.165) is 0 Å². The summed E-state index contributed by atoms with van der Waals surface area (Å²) in [6, 6.07) is 0. The number of hydrogen-bond donors (Lipinski definition) is 1. The Hall–Kier alpha value is -1.20. The lowest BCUT2D eigenvalue weighted by molar-refractivity contribution is 1.17. The van der Waals surface area contributed by atoms with Gasteiger partial charge in [0.1, 0.15) is 4.34 Å². The summed E-state index contributed by atoms with van der Waals surface area (Å²) in [4.78, 5) is 12.1. The SMILES string of the molecule is Nc1cnc(-c2ncc(Cl)s2)nc1. The summed E-state index contributed by atoms with van der Waals surface area (Å²) >= 11 is 7.05. The molecule has 0 aliphatic rings. The summed E-state index contributed by atoms with van der Waals surface area (Å²) in [5.41, 5.74) is 5.98. The molecule has 0 atom stereocenters. The Labute approximate surface area is 83.4 Å². The summed E-state index contributed by atoms with van der Waals surface area (Å²) in [6.07, 6.45) is 4.65. The fraction of sp³-hybridized carbons (Fsp3) is 0. The van der Waals surface area contributed by atoms with E-state index in [-0.39, 0.29) is 0 Å². The van der Waals surface area contributed by atoms with Gasteiger partial charge in [0.25, 0.3) is 0 Å². The molecule has 2 N–H and O–H groups in total. The van der Waals surface area contributed by atoms with Crippen LogP contribution in [0, 0.1) is 0 Å². The van der Waals surface area contributed by atoms with Crippen LogP contribution in [0.15, 0.2) is 18.6 Å². The lowest BCUT2D eigenvalue weighted by Gasteiger charge is -1.93. The number of halogens is 1. The van der Waals surface area contributed by atoms with E-state index in [4.69, 9.17) is 17.3 Å². The third-order valence-corrected chi connectivity index (χ3v) is 2.45. The molecule has 6 heteroatoms. The summed E-state index contributed by atoms with van der Waals surface area (Å²) in [5, 5.41) is 0.699. The first-order valence-corrected chi connectivity index (χ1v) is 4.64. The minimum atomic E-state index is 0.534. The minimum Gasteiger partial charge on any atom is -0.396 e. The molecule has 0 amide bonds. The van der Waals surface area contributed by atoms with E-state index >= 15 is 0 Å². The predicted octanol–water partition coefficient (Wildman–Crippen LogP) is 1.84. The van der Waals surface area contributed by atoms with Crippen LogP contribution in [-0.2, 0) is 0 Å². The Morgan fingerprint density at radius 3 is 2.38 bits per heavy atom. The van der Waals surface area contributed by atoms with Crippen molar-refractivity contribution in [1.82, 2.24) is 15.0 Å². The minimum absolute atomic E-state index is 0.534. The van der Waals surface area contributed by atoms with Gasteiger partial charge < -0.3 is 5.73 Å². The monoisotopic (exact) mass is 212 g/mol. The van der Waals surface area contributed by atoms with Gasteiger partial charge in [-0.2, -0.15) is 0 Å². The molecule has 0 saturated carbocycles. The van der Waals surface area contributed by atoms with Gasteiger partial charge in [-0.25, -0.2) is 15.0 Å². The summed E-state index contributed by atoms with van der Waals surface area (Å²) in [7, 11) is 0. The van der Waals surface area contributed by atoms with Crippen molar-refractivity contribution in [3.05, 3.63) is 22.9 Å². The van der Waals surface area contributed by atoms with Crippen LogP contribution in [0.1, 0.15) is 0 Å². The second-order valence-electron chi connectivity index (χ2n) is 2.31. The van der Waals surface area contributed by atoms with Crippen molar-refractivity contribution in [2.45, 2.75) is 0 Å². The highest BCUT2D eigenvalue weighted by atomic mass is 35.5. The molecule has 2 aromatic rings. The van der Waals surface area contributed by atoms with Crippen LogP contribution >= 0.6 is 22.9 Å². The first-order chi connectivity index (χ1) is 6.25. The fourth-order valence-corrected chi connectivity index (χ4v) is 1.67. The van der Waals surface area contributed by atoms with Crippen molar-refractivity contribution in [3.8, 4) is 10.8 Å². The molecule has 0 radical (unpaired) electrons. The standard InChI is InChI=1S/C7H5ClN4S/c8-5-3-12-7(13-5)6-10-1-4(9)2-11-6/h1-3H,9H2. The molecule has 2 rings (SSSR count). The maximum absolute atomic E-state index is 5.72. The fourth-order valence-electron chi connectivity index (χ4n) is 0.806. The molecule has 2 heterocycles. The zero-order valence-electron chi connectivity index (χ0n) is 6.44. The smallest absolute Gasteiger partial charge is 0.188 e. The van der Waals surface area contributed by atoms with E-state index in [9.17, 15) is 0 Å². The van der Waals surface area contributed by atoms with Gasteiger partial charge in [0.05, 0.1) is 24.3 Å². The number of nitrogen functional groups attached to an aromatic ring is 1. The summed E-state index contributed by atoms with van der Waals surface area (Å²) in [5.74, 6) is 0.547. The van der Waals surface area contributed by atoms with Crippen LogP contribution in [0.4, 0.5) is 5.69 Å². The van der Waals surface area contributed by atoms with E-state index < -0.39 is 0 Å². The molecule has 0 unspecified atom stereocenters. The second kappa shape index (κ2) is 3.27. The number of anilines is 1. The van der Waals surface area contributed by atoms with Crippen LogP contribution in [0.3, 0.4) is 0 Å². The molecule has 0 spiro atoms. The van der Waals surface area contributed by atoms with Gasteiger partial charge in [0.15, 0.2) is 10.8 Å². The average Bonchev–Trinajstić information content (AvgIpc) is 2.53. The number of nitrogens with zero attached hydrogens (tertiary/aromatic N) is 3. The largest absolute Gasteiger partial charge is 0.396 e. The Morgan fingerprint density at radius 2 is 1.85 bits per heavy atom. The maximum atomic E-state index is 5.72. The molecule has 4 nitrogen and oxygen atoms in total. The average molecular weight is 213 g/mol. The van der Waals surface area contributed by atoms with Gasteiger partial charge >= 0.3 is 0 Å². The van der Waals surface area contributed by atoms with Crippen molar-refractivity contribution in [3.63, 3.8) is 0 Å². The predicted molar refractivity (Wildman–Crippen MR) is 52.6 cm³/mol. The molecule has 2 aromatic heterocycles. The first kappa shape index (κ1) is 8.40. The highest BCUT2D eigenvalue weighted by Crippen LogP contribution is 2.25. The Bertz CT molecular complexity index is 411. The zero-order chi connectivity index (χ0) is 9.26. The van der Waals surface area contributed by atoms with Crippen molar-refractivity contribution in [2.75, 3.05) is 5.73 Å². The zero-order valence-corrected chi connectivity index (χ0v) is 8.01. The second-order valence-corrected chi connectivity index (χ2v) is 3.97. The molecule has 66 valence electrons. The van der Waals surface area contributed by atoms with Gasteiger partial charge in [-0.05, 0) is 0 Å². The Balaban J connectivity index is 2.41. The number of nitrogens with two attached hydrogens (primary N) is 1. The van der Waals surface area contributed by atoms with E-state index in [1.807, 2.05) is 0 Å². The Kier molecular flexibility index (Phi) is 2.12. The maximum Gasteiger partial charge on any atom is 0.188 e. The lowest BCUT2D eigenvalue weighted by Crippen LogP contribution is -1.91. The molecule has 0 aromatic carbocycles.